The third-order valence-electron chi connectivity index (χ3n) is 2.15. The average molecular weight is 197 g/mol. The van der Waals surface area contributed by atoms with Gasteiger partial charge in [0, 0.05) is 12.6 Å². The van der Waals surface area contributed by atoms with E-state index < -0.39 is 0 Å². The molecule has 2 rings (SSSR count). The van der Waals surface area contributed by atoms with Crippen molar-refractivity contribution in [1.82, 2.24) is 10.3 Å². The van der Waals surface area contributed by atoms with Crippen molar-refractivity contribution in [3.8, 4) is 0 Å². The molecule has 1 N–H and O–H groups in total. The number of rotatable bonds is 1. The van der Waals surface area contributed by atoms with E-state index in [1.807, 2.05) is 6.07 Å². The van der Waals surface area contributed by atoms with E-state index in [1.165, 1.54) is 0 Å². The highest BCUT2D eigenvalue weighted by atomic mass is 35.5. The van der Waals surface area contributed by atoms with Gasteiger partial charge in [-0.15, -0.1) is 0 Å². The second-order valence-electron chi connectivity index (χ2n) is 3.07. The minimum Gasteiger partial charge on any atom is -0.349 e. The molecule has 1 aromatic rings. The molecular formula is C9H9ClN2O. The number of hydrogen-bond acceptors (Lipinski definition) is 2. The fourth-order valence-corrected chi connectivity index (χ4v) is 1.57. The SMILES string of the molecule is O=C1CCC(c2ccc(Cl)nc2)N1. The lowest BCUT2D eigenvalue weighted by Crippen LogP contribution is -2.18. The topological polar surface area (TPSA) is 42.0 Å². The van der Waals surface area contributed by atoms with Gasteiger partial charge >= 0.3 is 0 Å². The summed E-state index contributed by atoms with van der Waals surface area (Å²) in [7, 11) is 0. The molecule has 3 nitrogen and oxygen atoms in total. The quantitative estimate of drug-likeness (QED) is 0.695. The van der Waals surface area contributed by atoms with Gasteiger partial charge in [0.25, 0.3) is 0 Å². The third kappa shape index (κ3) is 1.80. The van der Waals surface area contributed by atoms with Crippen molar-refractivity contribution < 1.29 is 4.79 Å². The Balaban J connectivity index is 2.17. The summed E-state index contributed by atoms with van der Waals surface area (Å²) in [6.07, 6.45) is 3.16. The lowest BCUT2D eigenvalue weighted by molar-refractivity contribution is -0.119. The Morgan fingerprint density at radius 3 is 2.92 bits per heavy atom. The van der Waals surface area contributed by atoms with Crippen molar-refractivity contribution in [2.75, 3.05) is 0 Å². The fourth-order valence-electron chi connectivity index (χ4n) is 1.46. The largest absolute Gasteiger partial charge is 0.349 e. The van der Waals surface area contributed by atoms with E-state index in [1.54, 1.807) is 12.3 Å². The van der Waals surface area contributed by atoms with Crippen molar-refractivity contribution in [1.29, 1.82) is 0 Å². The van der Waals surface area contributed by atoms with Crippen molar-refractivity contribution >= 4 is 17.5 Å². The van der Waals surface area contributed by atoms with Crippen LogP contribution in [0.4, 0.5) is 0 Å². The van der Waals surface area contributed by atoms with Gasteiger partial charge in [-0.25, -0.2) is 4.98 Å². The molecule has 1 saturated heterocycles. The number of halogens is 1. The van der Waals surface area contributed by atoms with Crippen LogP contribution >= 0.6 is 11.6 Å². The van der Waals surface area contributed by atoms with Gasteiger partial charge in [0.1, 0.15) is 5.15 Å². The average Bonchev–Trinajstić information content (AvgIpc) is 2.53. The maximum atomic E-state index is 10.9. The van der Waals surface area contributed by atoms with Crippen LogP contribution in [0.3, 0.4) is 0 Å². The van der Waals surface area contributed by atoms with Crippen LogP contribution in [0, 0.1) is 0 Å². The maximum absolute atomic E-state index is 10.9. The van der Waals surface area contributed by atoms with Gasteiger partial charge in [-0.05, 0) is 18.1 Å². The first-order valence-electron chi connectivity index (χ1n) is 4.16. The van der Waals surface area contributed by atoms with Crippen molar-refractivity contribution in [3.05, 3.63) is 29.0 Å². The summed E-state index contributed by atoms with van der Waals surface area (Å²) >= 11 is 5.65. The van der Waals surface area contributed by atoms with Gasteiger partial charge in [-0.2, -0.15) is 0 Å². The molecule has 0 aliphatic carbocycles. The zero-order valence-electron chi connectivity index (χ0n) is 6.96. The van der Waals surface area contributed by atoms with Crippen LogP contribution in [-0.2, 0) is 4.79 Å². The molecule has 2 heterocycles. The van der Waals surface area contributed by atoms with Gasteiger partial charge in [0.05, 0.1) is 6.04 Å². The van der Waals surface area contributed by atoms with Crippen LogP contribution < -0.4 is 5.32 Å². The predicted molar refractivity (Wildman–Crippen MR) is 49.4 cm³/mol. The lowest BCUT2D eigenvalue weighted by Gasteiger charge is -2.08. The summed E-state index contributed by atoms with van der Waals surface area (Å²) in [5.74, 6) is 0.111. The minimum absolute atomic E-state index is 0.111. The van der Waals surface area contributed by atoms with Crippen LogP contribution in [0.15, 0.2) is 18.3 Å². The molecule has 13 heavy (non-hydrogen) atoms. The Kier molecular flexibility index (Phi) is 2.19. The molecule has 1 unspecified atom stereocenters. The summed E-state index contributed by atoms with van der Waals surface area (Å²) < 4.78 is 0. The molecule has 0 aromatic carbocycles. The van der Waals surface area contributed by atoms with Crippen LogP contribution in [0.5, 0.6) is 0 Å². The normalized spacial score (nSPS) is 21.6. The van der Waals surface area contributed by atoms with Crippen LogP contribution in [-0.4, -0.2) is 10.9 Å². The van der Waals surface area contributed by atoms with Gasteiger partial charge in [-0.1, -0.05) is 17.7 Å². The first-order chi connectivity index (χ1) is 6.25. The number of aromatic nitrogens is 1. The minimum atomic E-state index is 0.111. The van der Waals surface area contributed by atoms with E-state index >= 15 is 0 Å². The molecule has 1 aliphatic rings. The highest BCUT2D eigenvalue weighted by Gasteiger charge is 2.21. The molecule has 1 aliphatic heterocycles. The number of pyridine rings is 1. The Labute approximate surface area is 81.1 Å². The number of hydrogen-bond donors (Lipinski definition) is 1. The van der Waals surface area contributed by atoms with Gasteiger partial charge in [0.15, 0.2) is 0 Å². The van der Waals surface area contributed by atoms with Crippen molar-refractivity contribution in [2.45, 2.75) is 18.9 Å². The monoisotopic (exact) mass is 196 g/mol. The van der Waals surface area contributed by atoms with Gasteiger partial charge in [0.2, 0.25) is 5.91 Å². The molecule has 0 bridgehead atoms. The van der Waals surface area contributed by atoms with E-state index in [4.69, 9.17) is 11.6 Å². The zero-order valence-corrected chi connectivity index (χ0v) is 7.71. The molecule has 0 spiro atoms. The maximum Gasteiger partial charge on any atom is 0.220 e. The molecular weight excluding hydrogens is 188 g/mol. The number of nitrogens with zero attached hydrogens (tertiary/aromatic N) is 1. The van der Waals surface area contributed by atoms with Crippen LogP contribution in [0.2, 0.25) is 5.15 Å². The van der Waals surface area contributed by atoms with E-state index in [0.29, 0.717) is 11.6 Å². The van der Waals surface area contributed by atoms with E-state index in [0.717, 1.165) is 12.0 Å². The van der Waals surface area contributed by atoms with E-state index in [2.05, 4.69) is 10.3 Å². The first kappa shape index (κ1) is 8.51. The summed E-state index contributed by atoms with van der Waals surface area (Å²) in [6.45, 7) is 0. The number of nitrogens with one attached hydrogen (secondary N) is 1. The second-order valence-corrected chi connectivity index (χ2v) is 3.46. The highest BCUT2D eigenvalue weighted by molar-refractivity contribution is 6.29. The number of amides is 1. The molecule has 4 heteroatoms. The molecule has 1 amide bonds. The smallest absolute Gasteiger partial charge is 0.220 e. The lowest BCUT2D eigenvalue weighted by atomic mass is 10.1. The van der Waals surface area contributed by atoms with E-state index in [-0.39, 0.29) is 11.9 Å². The zero-order chi connectivity index (χ0) is 9.26. The Morgan fingerprint density at radius 2 is 2.38 bits per heavy atom. The first-order valence-corrected chi connectivity index (χ1v) is 4.54. The standard InChI is InChI=1S/C9H9ClN2O/c10-8-3-1-6(5-11-8)7-2-4-9(13)12-7/h1,3,5,7H,2,4H2,(H,12,13). The second kappa shape index (κ2) is 3.34. The van der Waals surface area contributed by atoms with Gasteiger partial charge in [-0.3, -0.25) is 4.79 Å². The molecule has 0 radical (unpaired) electrons. The molecule has 1 aromatic heterocycles. The van der Waals surface area contributed by atoms with Gasteiger partial charge < -0.3 is 5.32 Å². The summed E-state index contributed by atoms with van der Waals surface area (Å²) in [6, 6.07) is 3.75. The fraction of sp³-hybridized carbons (Fsp3) is 0.333. The third-order valence-corrected chi connectivity index (χ3v) is 2.37. The molecule has 1 fully saturated rings. The Hall–Kier alpha value is -1.09. The summed E-state index contributed by atoms with van der Waals surface area (Å²) in [5, 5.41) is 3.35. The van der Waals surface area contributed by atoms with E-state index in [9.17, 15) is 4.79 Å². The summed E-state index contributed by atoms with van der Waals surface area (Å²) in [5.41, 5.74) is 1.02. The molecule has 0 saturated carbocycles. The van der Waals surface area contributed by atoms with Crippen molar-refractivity contribution in [3.63, 3.8) is 0 Å². The molecule has 68 valence electrons. The van der Waals surface area contributed by atoms with Crippen LogP contribution in [0.1, 0.15) is 24.4 Å². The molecule has 1 atom stereocenters. The predicted octanol–water partition coefficient (Wildman–Crippen LogP) is 1.69. The highest BCUT2D eigenvalue weighted by Crippen LogP contribution is 2.23. The Bertz CT molecular complexity index is 323. The van der Waals surface area contributed by atoms with Crippen LogP contribution in [0.25, 0.3) is 0 Å². The number of carbonyl (C=O) groups is 1. The Morgan fingerprint density at radius 1 is 1.54 bits per heavy atom. The summed E-state index contributed by atoms with van der Waals surface area (Å²) in [4.78, 5) is 14.9. The number of carbonyl (C=O) groups excluding carboxylic acids is 1. The van der Waals surface area contributed by atoms with Crippen molar-refractivity contribution in [2.24, 2.45) is 0 Å².